The van der Waals surface area contributed by atoms with E-state index in [9.17, 15) is 14.7 Å². The molecule has 0 radical (unpaired) electrons. The van der Waals surface area contributed by atoms with Crippen molar-refractivity contribution in [1.29, 1.82) is 0 Å². The van der Waals surface area contributed by atoms with E-state index < -0.39 is 5.60 Å². The maximum atomic E-state index is 12.2. The molecule has 0 aromatic carbocycles. The van der Waals surface area contributed by atoms with Crippen molar-refractivity contribution in [2.24, 2.45) is 5.41 Å². The second-order valence-electron chi connectivity index (χ2n) is 7.00. The second kappa shape index (κ2) is 5.35. The number of hydrogen-bond donors (Lipinski definition) is 1. The minimum atomic E-state index is -0.826. The van der Waals surface area contributed by atoms with Crippen molar-refractivity contribution in [3.05, 3.63) is 0 Å². The Hall–Kier alpha value is -1.10. The maximum absolute atomic E-state index is 12.2. The summed E-state index contributed by atoms with van der Waals surface area (Å²) < 4.78 is 0. The van der Waals surface area contributed by atoms with E-state index in [4.69, 9.17) is 0 Å². The first kappa shape index (κ1) is 15.3. The lowest BCUT2D eigenvalue weighted by Crippen LogP contribution is -2.40. The third-order valence-corrected chi connectivity index (χ3v) is 4.89. The van der Waals surface area contributed by atoms with Gasteiger partial charge in [0, 0.05) is 44.4 Å². The lowest BCUT2D eigenvalue weighted by Gasteiger charge is -2.30. The molecule has 2 rings (SSSR count). The number of amides is 2. The standard InChI is InChI=1S/C15H26N2O3/c1-14(2)10-17(11-15(14,3)20)13(19)7-5-9-16-8-4-6-12(16)18/h20H,4-11H2,1-3H3. The molecule has 0 aromatic heterocycles. The van der Waals surface area contributed by atoms with Crippen molar-refractivity contribution in [2.45, 2.75) is 52.1 Å². The average Bonchev–Trinajstić information content (AvgIpc) is 2.81. The number of aliphatic hydroxyl groups is 1. The summed E-state index contributed by atoms with van der Waals surface area (Å²) in [7, 11) is 0. The number of nitrogens with zero attached hydrogens (tertiary/aromatic N) is 2. The Bertz CT molecular complexity index is 388. The van der Waals surface area contributed by atoms with Gasteiger partial charge in [-0.1, -0.05) is 13.8 Å². The smallest absolute Gasteiger partial charge is 0.222 e. The molecule has 2 heterocycles. The van der Waals surface area contributed by atoms with Gasteiger partial charge in [-0.2, -0.15) is 0 Å². The molecule has 0 aromatic rings. The lowest BCUT2D eigenvalue weighted by molar-refractivity contribution is -0.132. The van der Waals surface area contributed by atoms with Crippen LogP contribution in [-0.4, -0.2) is 58.5 Å². The zero-order chi connectivity index (χ0) is 15.0. The molecule has 5 heteroatoms. The summed E-state index contributed by atoms with van der Waals surface area (Å²) in [4.78, 5) is 27.3. The van der Waals surface area contributed by atoms with E-state index in [1.165, 1.54) is 0 Å². The third-order valence-electron chi connectivity index (χ3n) is 4.89. The van der Waals surface area contributed by atoms with Gasteiger partial charge >= 0.3 is 0 Å². The van der Waals surface area contributed by atoms with E-state index >= 15 is 0 Å². The van der Waals surface area contributed by atoms with Gasteiger partial charge in [-0.3, -0.25) is 9.59 Å². The summed E-state index contributed by atoms with van der Waals surface area (Å²) in [5, 5.41) is 10.3. The molecular formula is C15H26N2O3. The fourth-order valence-corrected chi connectivity index (χ4v) is 2.99. The highest BCUT2D eigenvalue weighted by molar-refractivity contribution is 5.78. The van der Waals surface area contributed by atoms with Gasteiger partial charge in [-0.25, -0.2) is 0 Å². The van der Waals surface area contributed by atoms with Gasteiger partial charge in [0.1, 0.15) is 0 Å². The zero-order valence-electron chi connectivity index (χ0n) is 12.8. The minimum Gasteiger partial charge on any atom is -0.388 e. The van der Waals surface area contributed by atoms with Crippen LogP contribution in [0.15, 0.2) is 0 Å². The monoisotopic (exact) mass is 282 g/mol. The van der Waals surface area contributed by atoms with Gasteiger partial charge < -0.3 is 14.9 Å². The van der Waals surface area contributed by atoms with Crippen molar-refractivity contribution < 1.29 is 14.7 Å². The van der Waals surface area contributed by atoms with Gasteiger partial charge in [0.05, 0.1) is 5.60 Å². The number of carbonyl (C=O) groups excluding carboxylic acids is 2. The van der Waals surface area contributed by atoms with Gasteiger partial charge in [-0.05, 0) is 19.8 Å². The van der Waals surface area contributed by atoms with Crippen LogP contribution < -0.4 is 0 Å². The molecule has 1 atom stereocenters. The van der Waals surface area contributed by atoms with Crippen molar-refractivity contribution in [1.82, 2.24) is 9.80 Å². The fraction of sp³-hybridized carbons (Fsp3) is 0.867. The molecule has 2 amide bonds. The normalized spacial score (nSPS) is 29.3. The molecule has 0 bridgehead atoms. The van der Waals surface area contributed by atoms with E-state index in [0.717, 1.165) is 13.0 Å². The number of hydrogen-bond acceptors (Lipinski definition) is 3. The van der Waals surface area contributed by atoms with E-state index in [-0.39, 0.29) is 17.2 Å². The van der Waals surface area contributed by atoms with Crippen LogP contribution in [0, 0.1) is 5.41 Å². The predicted molar refractivity (Wildman–Crippen MR) is 76.0 cm³/mol. The molecule has 0 spiro atoms. The van der Waals surface area contributed by atoms with Gasteiger partial charge in [0.15, 0.2) is 0 Å². The van der Waals surface area contributed by atoms with Crippen LogP contribution in [0.4, 0.5) is 0 Å². The Morgan fingerprint density at radius 3 is 2.50 bits per heavy atom. The Morgan fingerprint density at radius 2 is 2.00 bits per heavy atom. The number of likely N-dealkylation sites (tertiary alicyclic amines) is 2. The van der Waals surface area contributed by atoms with Crippen LogP contribution in [0.3, 0.4) is 0 Å². The van der Waals surface area contributed by atoms with Crippen LogP contribution in [0.25, 0.3) is 0 Å². The van der Waals surface area contributed by atoms with E-state index in [1.54, 1.807) is 11.8 Å². The van der Waals surface area contributed by atoms with Crippen molar-refractivity contribution >= 4 is 11.8 Å². The Labute approximate surface area is 120 Å². The predicted octanol–water partition coefficient (Wildman–Crippen LogP) is 1.01. The van der Waals surface area contributed by atoms with Gasteiger partial charge in [0.25, 0.3) is 0 Å². The van der Waals surface area contributed by atoms with Crippen molar-refractivity contribution in [2.75, 3.05) is 26.2 Å². The van der Waals surface area contributed by atoms with Crippen molar-refractivity contribution in [3.8, 4) is 0 Å². The molecular weight excluding hydrogens is 256 g/mol. The Balaban J connectivity index is 1.77. The molecule has 1 N–H and O–H groups in total. The highest BCUT2D eigenvalue weighted by atomic mass is 16.3. The lowest BCUT2D eigenvalue weighted by atomic mass is 9.79. The quantitative estimate of drug-likeness (QED) is 0.837. The molecule has 20 heavy (non-hydrogen) atoms. The van der Waals surface area contributed by atoms with Gasteiger partial charge in [-0.15, -0.1) is 0 Å². The number of β-amino-alcohol motifs (C(OH)–C–C–N with tert-alkyl or cyclic N) is 1. The molecule has 2 fully saturated rings. The largest absolute Gasteiger partial charge is 0.388 e. The van der Waals surface area contributed by atoms with E-state index in [2.05, 4.69) is 0 Å². The van der Waals surface area contributed by atoms with Gasteiger partial charge in [0.2, 0.25) is 11.8 Å². The Morgan fingerprint density at radius 1 is 1.30 bits per heavy atom. The maximum Gasteiger partial charge on any atom is 0.222 e. The highest BCUT2D eigenvalue weighted by Crippen LogP contribution is 2.38. The minimum absolute atomic E-state index is 0.0856. The van der Waals surface area contributed by atoms with E-state index in [0.29, 0.717) is 38.9 Å². The summed E-state index contributed by atoms with van der Waals surface area (Å²) in [6.07, 6.45) is 2.76. The third kappa shape index (κ3) is 2.97. The Kier molecular flexibility index (Phi) is 4.09. The second-order valence-corrected chi connectivity index (χ2v) is 7.00. The van der Waals surface area contributed by atoms with Crippen LogP contribution in [0.5, 0.6) is 0 Å². The van der Waals surface area contributed by atoms with Crippen LogP contribution in [-0.2, 0) is 9.59 Å². The SMILES string of the molecule is CC1(C)CN(C(=O)CCCN2CCCC2=O)CC1(C)O. The highest BCUT2D eigenvalue weighted by Gasteiger charge is 2.48. The molecule has 2 aliphatic heterocycles. The first-order valence-electron chi connectivity index (χ1n) is 7.51. The molecule has 1 unspecified atom stereocenters. The molecule has 5 nitrogen and oxygen atoms in total. The molecule has 2 saturated heterocycles. The first-order valence-corrected chi connectivity index (χ1v) is 7.51. The summed E-state index contributed by atoms with van der Waals surface area (Å²) in [5.74, 6) is 0.296. The summed E-state index contributed by atoms with van der Waals surface area (Å²) in [5.41, 5.74) is -1.10. The van der Waals surface area contributed by atoms with Crippen LogP contribution in [0.1, 0.15) is 46.5 Å². The number of carbonyl (C=O) groups is 2. The average molecular weight is 282 g/mol. The summed E-state index contributed by atoms with van der Waals surface area (Å²) >= 11 is 0. The number of rotatable bonds is 4. The molecule has 114 valence electrons. The first-order chi connectivity index (χ1) is 9.23. The van der Waals surface area contributed by atoms with Crippen molar-refractivity contribution in [3.63, 3.8) is 0 Å². The topological polar surface area (TPSA) is 60.9 Å². The fourth-order valence-electron chi connectivity index (χ4n) is 2.99. The molecule has 0 aliphatic carbocycles. The van der Waals surface area contributed by atoms with Crippen LogP contribution >= 0.6 is 0 Å². The summed E-state index contributed by atoms with van der Waals surface area (Å²) in [6, 6.07) is 0. The van der Waals surface area contributed by atoms with E-state index in [1.807, 2.05) is 18.7 Å². The molecule has 2 aliphatic rings. The van der Waals surface area contributed by atoms with Crippen LogP contribution in [0.2, 0.25) is 0 Å². The molecule has 0 saturated carbocycles. The zero-order valence-corrected chi connectivity index (χ0v) is 12.8. The summed E-state index contributed by atoms with van der Waals surface area (Å²) in [6.45, 7) is 8.29.